The molecule has 0 aliphatic carbocycles. The Labute approximate surface area is 71.4 Å². The average Bonchev–Trinajstić information content (AvgIpc) is 1.41. The second kappa shape index (κ2) is 15.7. The van der Waals surface area contributed by atoms with Gasteiger partial charge in [0.2, 0.25) is 0 Å². The van der Waals surface area contributed by atoms with E-state index >= 15 is 0 Å². The van der Waals surface area contributed by atoms with Gasteiger partial charge in [0, 0.05) is 38.8 Å². The number of hydrogen-bond donors (Lipinski definition) is 1. The molecule has 1 nitrogen and oxygen atoms in total. The zero-order valence-corrected chi connectivity index (χ0v) is 8.15. The molecule has 2 heteroatoms. The minimum absolute atomic E-state index is 0. The van der Waals surface area contributed by atoms with E-state index in [4.69, 9.17) is 5.11 Å². The van der Waals surface area contributed by atoms with Crippen LogP contribution < -0.4 is 0 Å². The molecule has 1 radical (unpaired) electrons. The van der Waals surface area contributed by atoms with Gasteiger partial charge in [-0.05, 0) is 13.8 Å². The van der Waals surface area contributed by atoms with Crippen molar-refractivity contribution in [3.8, 4) is 0 Å². The maximum Gasteiger partial charge on any atom is 0.0483 e. The molecule has 43 valence electrons. The molecule has 0 saturated heterocycles. The zero-order chi connectivity index (χ0) is 5.58. The standard InChI is InChI=1S/C3H8O.C2H5.Y/c1-3(2)4;1-2;/h3-4H,1-2H3;1H2,2H3;/q;-1;. The molecule has 0 heterocycles. The SMILES string of the molecule is CC(C)O.[CH2-]C.[Y]. The fourth-order valence-corrected chi connectivity index (χ4v) is 0. The summed E-state index contributed by atoms with van der Waals surface area (Å²) >= 11 is 0. The van der Waals surface area contributed by atoms with Crippen LogP contribution in [0.25, 0.3) is 0 Å². The summed E-state index contributed by atoms with van der Waals surface area (Å²) < 4.78 is 0. The van der Waals surface area contributed by atoms with Crippen molar-refractivity contribution >= 4 is 0 Å². The first-order chi connectivity index (χ1) is 2.73. The molecule has 0 aromatic rings. The summed E-state index contributed by atoms with van der Waals surface area (Å²) in [7, 11) is 0. The van der Waals surface area contributed by atoms with Gasteiger partial charge in [-0.25, -0.2) is 0 Å². The van der Waals surface area contributed by atoms with Crippen LogP contribution in [-0.4, -0.2) is 11.2 Å². The third kappa shape index (κ3) is 160. The van der Waals surface area contributed by atoms with E-state index in [1.54, 1.807) is 20.8 Å². The van der Waals surface area contributed by atoms with Crippen molar-refractivity contribution in [3.05, 3.63) is 6.92 Å². The van der Waals surface area contributed by atoms with Gasteiger partial charge < -0.3 is 12.0 Å². The van der Waals surface area contributed by atoms with E-state index in [1.807, 2.05) is 0 Å². The molecule has 0 saturated carbocycles. The molecule has 0 unspecified atom stereocenters. The first kappa shape index (κ1) is 15.7. The molecule has 0 spiro atoms. The smallest absolute Gasteiger partial charge is 0.0483 e. The van der Waals surface area contributed by atoms with E-state index in [1.165, 1.54) is 0 Å². The fourth-order valence-electron chi connectivity index (χ4n) is 0. The molecule has 1 N–H and O–H groups in total. The van der Waals surface area contributed by atoms with Crippen LogP contribution in [0.15, 0.2) is 0 Å². The molecule has 0 fully saturated rings. The van der Waals surface area contributed by atoms with Gasteiger partial charge in [0.25, 0.3) is 0 Å². The minimum Gasteiger partial charge on any atom is -0.394 e. The minimum atomic E-state index is -0.167. The van der Waals surface area contributed by atoms with Crippen molar-refractivity contribution in [2.75, 3.05) is 0 Å². The van der Waals surface area contributed by atoms with Crippen LogP contribution in [-0.2, 0) is 32.7 Å². The van der Waals surface area contributed by atoms with Crippen molar-refractivity contribution in [3.63, 3.8) is 0 Å². The van der Waals surface area contributed by atoms with Crippen molar-refractivity contribution in [1.29, 1.82) is 0 Å². The predicted molar refractivity (Wildman–Crippen MR) is 28.4 cm³/mol. The molecule has 0 rings (SSSR count). The van der Waals surface area contributed by atoms with Gasteiger partial charge >= 0.3 is 0 Å². The third-order valence-electron chi connectivity index (χ3n) is 0. The summed E-state index contributed by atoms with van der Waals surface area (Å²) in [4.78, 5) is 0. The molecule has 0 aromatic carbocycles. The van der Waals surface area contributed by atoms with Gasteiger partial charge in [-0.3, -0.25) is 0 Å². The van der Waals surface area contributed by atoms with Crippen molar-refractivity contribution in [2.45, 2.75) is 26.9 Å². The Morgan fingerprint density at radius 1 is 1.29 bits per heavy atom. The largest absolute Gasteiger partial charge is 0.394 e. The van der Waals surface area contributed by atoms with Gasteiger partial charge in [0.05, 0.1) is 0 Å². The second-order valence-corrected chi connectivity index (χ2v) is 1.09. The molecule has 0 aromatic heterocycles. The van der Waals surface area contributed by atoms with Gasteiger partial charge in [-0.1, -0.05) is 0 Å². The van der Waals surface area contributed by atoms with Crippen molar-refractivity contribution in [2.24, 2.45) is 0 Å². The zero-order valence-electron chi connectivity index (χ0n) is 5.31. The van der Waals surface area contributed by atoms with Crippen LogP contribution in [0.2, 0.25) is 0 Å². The number of rotatable bonds is 0. The van der Waals surface area contributed by atoms with Gasteiger partial charge in [0.15, 0.2) is 0 Å². The third-order valence-corrected chi connectivity index (χ3v) is 0. The Bertz CT molecular complexity index is 12.8. The van der Waals surface area contributed by atoms with E-state index in [2.05, 4.69) is 6.92 Å². The summed E-state index contributed by atoms with van der Waals surface area (Å²) in [5.41, 5.74) is 0. The van der Waals surface area contributed by atoms with Crippen LogP contribution in [0.1, 0.15) is 20.8 Å². The van der Waals surface area contributed by atoms with Crippen LogP contribution in [0.3, 0.4) is 0 Å². The van der Waals surface area contributed by atoms with E-state index < -0.39 is 0 Å². The summed E-state index contributed by atoms with van der Waals surface area (Å²) in [6, 6.07) is 0. The summed E-state index contributed by atoms with van der Waals surface area (Å²) in [6.45, 7) is 8.44. The Hall–Kier alpha value is 1.06. The van der Waals surface area contributed by atoms with Crippen LogP contribution in [0, 0.1) is 6.92 Å². The molecular formula is C5H13OY-. The van der Waals surface area contributed by atoms with Crippen molar-refractivity contribution in [1.82, 2.24) is 0 Å². The van der Waals surface area contributed by atoms with Gasteiger partial charge in [0.1, 0.15) is 0 Å². The van der Waals surface area contributed by atoms with Crippen LogP contribution in [0.5, 0.6) is 0 Å². The fraction of sp³-hybridized carbons (Fsp3) is 0.800. The molecule has 7 heavy (non-hydrogen) atoms. The molecule has 0 amide bonds. The molecular weight excluding hydrogens is 165 g/mol. The van der Waals surface area contributed by atoms with E-state index in [-0.39, 0.29) is 38.8 Å². The summed E-state index contributed by atoms with van der Waals surface area (Å²) in [5, 5.41) is 8.06. The second-order valence-electron chi connectivity index (χ2n) is 1.09. The normalized spacial score (nSPS) is 6.00. The summed E-state index contributed by atoms with van der Waals surface area (Å²) in [6.07, 6.45) is -0.167. The molecule has 0 atom stereocenters. The Balaban J connectivity index is -0.0000000480. The molecule has 0 aliphatic heterocycles. The van der Waals surface area contributed by atoms with E-state index in [0.717, 1.165) is 0 Å². The monoisotopic (exact) mass is 178 g/mol. The Morgan fingerprint density at radius 3 is 1.29 bits per heavy atom. The van der Waals surface area contributed by atoms with Crippen LogP contribution in [0.4, 0.5) is 0 Å². The maximum absolute atomic E-state index is 8.06. The van der Waals surface area contributed by atoms with Crippen LogP contribution >= 0.6 is 0 Å². The Kier molecular flexibility index (Phi) is 35.3. The van der Waals surface area contributed by atoms with E-state index in [9.17, 15) is 0 Å². The van der Waals surface area contributed by atoms with E-state index in [0.29, 0.717) is 0 Å². The molecule has 0 bridgehead atoms. The number of aliphatic hydroxyl groups excluding tert-OH is 1. The number of aliphatic hydroxyl groups is 1. The van der Waals surface area contributed by atoms with Gasteiger partial charge in [-0.15, -0.1) is 0 Å². The van der Waals surface area contributed by atoms with Gasteiger partial charge in [-0.2, -0.15) is 6.92 Å². The summed E-state index contributed by atoms with van der Waals surface area (Å²) in [5.74, 6) is 0. The first-order valence-corrected chi connectivity index (χ1v) is 2.12. The first-order valence-electron chi connectivity index (χ1n) is 2.12. The maximum atomic E-state index is 8.06. The van der Waals surface area contributed by atoms with Crippen molar-refractivity contribution < 1.29 is 37.8 Å². The molecule has 0 aliphatic rings. The number of hydrogen-bond acceptors (Lipinski definition) is 1. The Morgan fingerprint density at radius 2 is 1.29 bits per heavy atom. The predicted octanol–water partition coefficient (Wildman–Crippen LogP) is 1.22. The quantitative estimate of drug-likeness (QED) is 0.553. The average molecular weight is 178 g/mol. The topological polar surface area (TPSA) is 20.2 Å².